The van der Waals surface area contributed by atoms with Crippen LogP contribution >= 0.6 is 11.8 Å². The molecule has 25 heavy (non-hydrogen) atoms. The van der Waals surface area contributed by atoms with E-state index in [1.54, 1.807) is 28.8 Å². The van der Waals surface area contributed by atoms with Crippen LogP contribution in [-0.4, -0.2) is 51.5 Å². The summed E-state index contributed by atoms with van der Waals surface area (Å²) in [6, 6.07) is 6.22. The van der Waals surface area contributed by atoms with Crippen molar-refractivity contribution in [3.05, 3.63) is 35.4 Å². The van der Waals surface area contributed by atoms with Gasteiger partial charge in [-0.2, -0.15) is 0 Å². The van der Waals surface area contributed by atoms with Crippen LogP contribution in [0, 0.1) is 0 Å². The molecule has 2 N–H and O–H groups in total. The van der Waals surface area contributed by atoms with Crippen molar-refractivity contribution in [3.8, 4) is 0 Å². The number of carboxylic acid groups (broad SMARTS) is 1. The monoisotopic (exact) mass is 364 g/mol. The highest BCUT2D eigenvalue weighted by Gasteiger charge is 2.34. The maximum atomic E-state index is 12.5. The number of nitrogens with zero attached hydrogens (tertiary/aromatic N) is 1. The van der Waals surface area contributed by atoms with Crippen LogP contribution in [0.4, 0.5) is 0 Å². The number of rotatable bonds is 7. The second kappa shape index (κ2) is 8.89. The van der Waals surface area contributed by atoms with E-state index in [2.05, 4.69) is 5.32 Å². The second-order valence-electron chi connectivity index (χ2n) is 6.20. The summed E-state index contributed by atoms with van der Waals surface area (Å²) in [7, 11) is 0. The van der Waals surface area contributed by atoms with E-state index in [-0.39, 0.29) is 23.4 Å². The topological polar surface area (TPSA) is 86.7 Å². The van der Waals surface area contributed by atoms with Crippen molar-refractivity contribution in [1.82, 2.24) is 10.2 Å². The summed E-state index contributed by atoms with van der Waals surface area (Å²) in [6.45, 7) is 3.96. The fourth-order valence-electron chi connectivity index (χ4n) is 2.56. The van der Waals surface area contributed by atoms with Gasteiger partial charge in [-0.05, 0) is 37.5 Å². The molecule has 6 nitrogen and oxygen atoms in total. The molecule has 1 heterocycles. The van der Waals surface area contributed by atoms with Gasteiger partial charge in [0.25, 0.3) is 0 Å². The minimum atomic E-state index is -0.966. The third kappa shape index (κ3) is 5.22. The lowest BCUT2D eigenvalue weighted by atomic mass is 10.1. The Kier molecular flexibility index (Phi) is 6.87. The van der Waals surface area contributed by atoms with Gasteiger partial charge in [0, 0.05) is 18.2 Å². The van der Waals surface area contributed by atoms with Crippen molar-refractivity contribution >= 4 is 29.5 Å². The number of hydrogen-bond donors (Lipinski definition) is 2. The minimum absolute atomic E-state index is 0.0448. The Morgan fingerprint density at radius 3 is 2.60 bits per heavy atom. The summed E-state index contributed by atoms with van der Waals surface area (Å²) in [5, 5.41) is 11.8. The molecular weight excluding hydrogens is 340 g/mol. The number of nitrogens with one attached hydrogen (secondary N) is 1. The predicted octanol–water partition coefficient (Wildman–Crippen LogP) is 2.13. The van der Waals surface area contributed by atoms with Crippen molar-refractivity contribution in [2.24, 2.45) is 0 Å². The molecule has 2 rings (SSSR count). The number of carbonyl (C=O) groups excluding carboxylic acids is 2. The first-order valence-corrected chi connectivity index (χ1v) is 9.57. The van der Waals surface area contributed by atoms with Crippen molar-refractivity contribution in [2.75, 3.05) is 11.6 Å². The lowest BCUT2D eigenvalue weighted by Crippen LogP contribution is -2.49. The number of hydrogen-bond acceptors (Lipinski definition) is 4. The van der Waals surface area contributed by atoms with E-state index in [1.165, 1.54) is 12.1 Å². The van der Waals surface area contributed by atoms with E-state index in [9.17, 15) is 14.4 Å². The zero-order valence-electron chi connectivity index (χ0n) is 14.5. The molecule has 1 aromatic rings. The molecule has 136 valence electrons. The lowest BCUT2D eigenvalue weighted by molar-refractivity contribution is -0.138. The van der Waals surface area contributed by atoms with Crippen LogP contribution < -0.4 is 5.32 Å². The van der Waals surface area contributed by atoms with Gasteiger partial charge >= 0.3 is 5.97 Å². The van der Waals surface area contributed by atoms with E-state index in [4.69, 9.17) is 5.11 Å². The van der Waals surface area contributed by atoms with Crippen LogP contribution in [-0.2, 0) is 16.0 Å². The summed E-state index contributed by atoms with van der Waals surface area (Å²) >= 11 is 1.59. The van der Waals surface area contributed by atoms with Crippen molar-refractivity contribution < 1.29 is 19.5 Å². The normalized spacial score (nSPS) is 18.0. The molecule has 0 saturated carbocycles. The van der Waals surface area contributed by atoms with Crippen molar-refractivity contribution in [3.63, 3.8) is 0 Å². The zero-order valence-corrected chi connectivity index (χ0v) is 15.3. The average molecular weight is 364 g/mol. The first-order chi connectivity index (χ1) is 11.9. The number of carboxylic acids is 1. The van der Waals surface area contributed by atoms with E-state index >= 15 is 0 Å². The molecule has 0 aromatic heterocycles. The number of amides is 2. The van der Waals surface area contributed by atoms with Gasteiger partial charge in [0.15, 0.2) is 0 Å². The van der Waals surface area contributed by atoms with E-state index in [0.717, 1.165) is 12.0 Å². The van der Waals surface area contributed by atoms with Crippen LogP contribution in [0.5, 0.6) is 0 Å². The van der Waals surface area contributed by atoms with E-state index in [1.807, 2.05) is 13.8 Å². The SMILES string of the molecule is CCC(C)NC(=O)C1CSCN1C(=O)CCc1ccc(C(=O)O)cc1. The minimum Gasteiger partial charge on any atom is -0.478 e. The molecule has 2 amide bonds. The summed E-state index contributed by atoms with van der Waals surface area (Å²) in [6.07, 6.45) is 1.69. The highest BCUT2D eigenvalue weighted by Crippen LogP contribution is 2.22. The van der Waals surface area contributed by atoms with Crippen molar-refractivity contribution in [2.45, 2.75) is 45.2 Å². The van der Waals surface area contributed by atoms with Crippen LogP contribution in [0.3, 0.4) is 0 Å². The largest absolute Gasteiger partial charge is 0.478 e. The third-order valence-corrected chi connectivity index (χ3v) is 5.35. The Hall–Kier alpha value is -2.02. The number of thioether (sulfide) groups is 1. The molecule has 1 aliphatic heterocycles. The van der Waals surface area contributed by atoms with Gasteiger partial charge in [-0.3, -0.25) is 9.59 Å². The molecule has 7 heteroatoms. The molecule has 0 radical (unpaired) electrons. The van der Waals surface area contributed by atoms with E-state index < -0.39 is 12.0 Å². The molecule has 0 spiro atoms. The van der Waals surface area contributed by atoms with Gasteiger partial charge in [-0.1, -0.05) is 19.1 Å². The third-order valence-electron chi connectivity index (χ3n) is 4.33. The fraction of sp³-hybridized carbons (Fsp3) is 0.500. The van der Waals surface area contributed by atoms with Crippen LogP contribution in [0.25, 0.3) is 0 Å². The van der Waals surface area contributed by atoms with Crippen LogP contribution in [0.1, 0.15) is 42.6 Å². The van der Waals surface area contributed by atoms with Gasteiger partial charge in [0.05, 0.1) is 11.4 Å². The Balaban J connectivity index is 1.90. The van der Waals surface area contributed by atoms with Gasteiger partial charge < -0.3 is 15.3 Å². The van der Waals surface area contributed by atoms with Gasteiger partial charge in [0.2, 0.25) is 11.8 Å². The maximum Gasteiger partial charge on any atom is 0.335 e. The number of carbonyl (C=O) groups is 3. The molecule has 2 atom stereocenters. The Bertz CT molecular complexity index is 632. The molecule has 1 saturated heterocycles. The lowest BCUT2D eigenvalue weighted by Gasteiger charge is -2.24. The molecular formula is C18H24N2O4S. The molecule has 0 aliphatic carbocycles. The van der Waals surface area contributed by atoms with Gasteiger partial charge in [-0.15, -0.1) is 11.8 Å². The number of aromatic carboxylic acids is 1. The summed E-state index contributed by atoms with van der Waals surface area (Å²) in [5.74, 6) is 0.0680. The number of aryl methyl sites for hydroxylation is 1. The summed E-state index contributed by atoms with van der Waals surface area (Å²) in [4.78, 5) is 37.3. The molecule has 0 bridgehead atoms. The van der Waals surface area contributed by atoms with Gasteiger partial charge in [-0.25, -0.2) is 4.79 Å². The Morgan fingerprint density at radius 1 is 1.32 bits per heavy atom. The molecule has 1 aliphatic rings. The smallest absolute Gasteiger partial charge is 0.335 e. The molecule has 1 fully saturated rings. The second-order valence-corrected chi connectivity index (χ2v) is 7.20. The highest BCUT2D eigenvalue weighted by atomic mass is 32.2. The highest BCUT2D eigenvalue weighted by molar-refractivity contribution is 7.99. The molecule has 2 unspecified atom stereocenters. The number of benzene rings is 1. The molecule has 1 aromatic carbocycles. The van der Waals surface area contributed by atoms with Crippen LogP contribution in [0.15, 0.2) is 24.3 Å². The first-order valence-electron chi connectivity index (χ1n) is 8.42. The Morgan fingerprint density at radius 2 is 2.00 bits per heavy atom. The average Bonchev–Trinajstić information content (AvgIpc) is 3.09. The maximum absolute atomic E-state index is 12.5. The predicted molar refractivity (Wildman–Crippen MR) is 97.6 cm³/mol. The van der Waals surface area contributed by atoms with Crippen molar-refractivity contribution in [1.29, 1.82) is 0 Å². The Labute approximate surface area is 152 Å². The van der Waals surface area contributed by atoms with E-state index in [0.29, 0.717) is 24.5 Å². The first kappa shape index (κ1) is 19.3. The quantitative estimate of drug-likeness (QED) is 0.774. The summed E-state index contributed by atoms with van der Waals surface area (Å²) < 4.78 is 0. The fourth-order valence-corrected chi connectivity index (χ4v) is 3.74. The summed E-state index contributed by atoms with van der Waals surface area (Å²) in [5.41, 5.74) is 1.14. The standard InChI is InChI=1S/C18H24N2O4S/c1-3-12(2)19-17(22)15-10-25-11-20(15)16(21)9-6-13-4-7-14(8-5-13)18(23)24/h4-5,7-8,12,15H,3,6,9-11H2,1-2H3,(H,19,22)(H,23,24). The zero-order chi connectivity index (χ0) is 18.4. The van der Waals surface area contributed by atoms with Crippen LogP contribution in [0.2, 0.25) is 0 Å². The van der Waals surface area contributed by atoms with Gasteiger partial charge in [0.1, 0.15) is 6.04 Å².